The van der Waals surface area contributed by atoms with Crippen molar-refractivity contribution < 1.29 is 0 Å². The molecule has 0 aliphatic carbocycles. The molecular formula is C18H23N3S. The van der Waals surface area contributed by atoms with E-state index in [0.717, 1.165) is 25.3 Å². The second-order valence-electron chi connectivity index (χ2n) is 5.01. The lowest BCUT2D eigenvalue weighted by molar-refractivity contribution is 0.863. The lowest BCUT2D eigenvalue weighted by Gasteiger charge is -2.21. The lowest BCUT2D eigenvalue weighted by Crippen LogP contribution is -2.27. The van der Waals surface area contributed by atoms with Crippen LogP contribution in [0.4, 0.5) is 11.4 Å². The monoisotopic (exact) mass is 313 g/mol. The summed E-state index contributed by atoms with van der Waals surface area (Å²) in [4.78, 5) is 2.33. The lowest BCUT2D eigenvalue weighted by atomic mass is 10.2. The van der Waals surface area contributed by atoms with Crippen LogP contribution in [0, 0.1) is 0 Å². The van der Waals surface area contributed by atoms with E-state index < -0.39 is 0 Å². The van der Waals surface area contributed by atoms with Crippen molar-refractivity contribution in [1.29, 1.82) is 0 Å². The maximum atomic E-state index is 5.31. The summed E-state index contributed by atoms with van der Waals surface area (Å²) in [6, 6.07) is 18.6. The van der Waals surface area contributed by atoms with Crippen LogP contribution in [0.1, 0.15) is 19.4 Å². The molecule has 0 aliphatic rings. The Morgan fingerprint density at radius 3 is 2.18 bits per heavy atom. The fraction of sp³-hybridized carbons (Fsp3) is 0.278. The smallest absolute Gasteiger partial charge is 0.171 e. The van der Waals surface area contributed by atoms with E-state index in [1.165, 1.54) is 11.3 Å². The highest BCUT2D eigenvalue weighted by atomic mass is 32.1. The number of rotatable bonds is 6. The van der Waals surface area contributed by atoms with Gasteiger partial charge in [-0.1, -0.05) is 30.3 Å². The van der Waals surface area contributed by atoms with E-state index in [1.54, 1.807) is 0 Å². The van der Waals surface area contributed by atoms with Crippen LogP contribution in [-0.2, 0) is 6.54 Å². The van der Waals surface area contributed by atoms with Gasteiger partial charge in [-0.15, -0.1) is 0 Å². The Balaban J connectivity index is 1.85. The molecule has 0 heterocycles. The first kappa shape index (κ1) is 16.3. The summed E-state index contributed by atoms with van der Waals surface area (Å²) in [6.07, 6.45) is 0. The Bertz CT molecular complexity index is 577. The van der Waals surface area contributed by atoms with Gasteiger partial charge in [-0.05, 0) is 55.9 Å². The number of hydrogen-bond donors (Lipinski definition) is 2. The normalized spacial score (nSPS) is 10.1. The number of hydrogen-bond acceptors (Lipinski definition) is 2. The topological polar surface area (TPSA) is 27.3 Å². The van der Waals surface area contributed by atoms with Crippen molar-refractivity contribution in [3.63, 3.8) is 0 Å². The number of benzene rings is 2. The Labute approximate surface area is 138 Å². The number of nitrogens with one attached hydrogen (secondary N) is 2. The van der Waals surface area contributed by atoms with Crippen molar-refractivity contribution in [2.24, 2.45) is 0 Å². The highest BCUT2D eigenvalue weighted by Crippen LogP contribution is 2.14. The van der Waals surface area contributed by atoms with Gasteiger partial charge in [0.25, 0.3) is 0 Å². The van der Waals surface area contributed by atoms with Crippen LogP contribution in [0.2, 0.25) is 0 Å². The predicted octanol–water partition coefficient (Wildman–Crippen LogP) is 4.02. The number of nitrogens with zero attached hydrogens (tertiary/aromatic N) is 1. The third-order valence-corrected chi connectivity index (χ3v) is 3.80. The van der Waals surface area contributed by atoms with Crippen LogP contribution in [0.15, 0.2) is 54.6 Å². The molecule has 2 aromatic carbocycles. The highest BCUT2D eigenvalue weighted by molar-refractivity contribution is 7.80. The van der Waals surface area contributed by atoms with Crippen LogP contribution in [0.3, 0.4) is 0 Å². The van der Waals surface area contributed by atoms with Crippen molar-refractivity contribution in [2.45, 2.75) is 20.4 Å². The molecule has 22 heavy (non-hydrogen) atoms. The zero-order valence-electron chi connectivity index (χ0n) is 13.2. The fourth-order valence-corrected chi connectivity index (χ4v) is 2.48. The Hall–Kier alpha value is -2.07. The summed E-state index contributed by atoms with van der Waals surface area (Å²) in [7, 11) is 0. The van der Waals surface area contributed by atoms with Gasteiger partial charge in [0.2, 0.25) is 0 Å². The zero-order chi connectivity index (χ0) is 15.8. The van der Waals surface area contributed by atoms with Gasteiger partial charge in [0.1, 0.15) is 0 Å². The SMILES string of the molecule is CCN(CC)c1ccc(CNC(=S)Nc2ccccc2)cc1. The van der Waals surface area contributed by atoms with Gasteiger partial charge in [0.05, 0.1) is 0 Å². The molecule has 0 unspecified atom stereocenters. The molecule has 0 aromatic heterocycles. The second-order valence-corrected chi connectivity index (χ2v) is 5.42. The van der Waals surface area contributed by atoms with Crippen molar-refractivity contribution >= 4 is 28.7 Å². The molecule has 0 fully saturated rings. The first-order valence-electron chi connectivity index (χ1n) is 7.66. The van der Waals surface area contributed by atoms with E-state index >= 15 is 0 Å². The minimum Gasteiger partial charge on any atom is -0.372 e. The third kappa shape index (κ3) is 4.74. The molecule has 0 amide bonds. The van der Waals surface area contributed by atoms with Crippen LogP contribution in [0.25, 0.3) is 0 Å². The summed E-state index contributed by atoms with van der Waals surface area (Å²) >= 11 is 5.31. The van der Waals surface area contributed by atoms with Gasteiger partial charge >= 0.3 is 0 Å². The second kappa shape index (κ2) is 8.39. The van der Waals surface area contributed by atoms with E-state index in [-0.39, 0.29) is 0 Å². The van der Waals surface area contributed by atoms with Gasteiger partial charge in [-0.3, -0.25) is 0 Å². The number of thiocarbonyl (C=S) groups is 1. The molecule has 0 saturated carbocycles. The molecule has 0 aliphatic heterocycles. The average Bonchev–Trinajstić information content (AvgIpc) is 2.56. The summed E-state index contributed by atoms with van der Waals surface area (Å²) in [6.45, 7) is 7.12. The Morgan fingerprint density at radius 1 is 0.955 bits per heavy atom. The van der Waals surface area contributed by atoms with Crippen LogP contribution in [-0.4, -0.2) is 18.2 Å². The summed E-state index contributed by atoms with van der Waals surface area (Å²) < 4.78 is 0. The minimum atomic E-state index is 0.638. The largest absolute Gasteiger partial charge is 0.372 e. The van der Waals surface area contributed by atoms with Crippen molar-refractivity contribution in [3.8, 4) is 0 Å². The van der Waals surface area contributed by atoms with Crippen molar-refractivity contribution in [3.05, 3.63) is 60.2 Å². The molecule has 0 atom stereocenters. The van der Waals surface area contributed by atoms with Gasteiger partial charge in [0, 0.05) is 31.0 Å². The van der Waals surface area contributed by atoms with E-state index in [9.17, 15) is 0 Å². The first-order chi connectivity index (χ1) is 10.7. The minimum absolute atomic E-state index is 0.638. The van der Waals surface area contributed by atoms with Gasteiger partial charge in [-0.25, -0.2) is 0 Å². The maximum absolute atomic E-state index is 5.31. The zero-order valence-corrected chi connectivity index (χ0v) is 14.0. The van der Waals surface area contributed by atoms with Gasteiger partial charge in [-0.2, -0.15) is 0 Å². The Kier molecular flexibility index (Phi) is 6.22. The molecule has 116 valence electrons. The molecule has 4 heteroatoms. The standard InChI is InChI=1S/C18H23N3S/c1-3-21(4-2)17-12-10-15(11-13-17)14-19-18(22)20-16-8-6-5-7-9-16/h5-13H,3-4,14H2,1-2H3,(H2,19,20,22). The average molecular weight is 313 g/mol. The molecule has 0 spiro atoms. The maximum Gasteiger partial charge on any atom is 0.171 e. The molecular weight excluding hydrogens is 290 g/mol. The van der Waals surface area contributed by atoms with E-state index in [2.05, 4.69) is 53.6 Å². The number of para-hydroxylation sites is 1. The first-order valence-corrected chi connectivity index (χ1v) is 8.07. The fourth-order valence-electron chi connectivity index (χ4n) is 2.29. The highest BCUT2D eigenvalue weighted by Gasteiger charge is 2.02. The van der Waals surface area contributed by atoms with Crippen molar-refractivity contribution in [2.75, 3.05) is 23.3 Å². The molecule has 3 nitrogen and oxygen atoms in total. The van der Waals surface area contributed by atoms with Crippen LogP contribution in [0.5, 0.6) is 0 Å². The molecule has 0 radical (unpaired) electrons. The molecule has 0 saturated heterocycles. The number of anilines is 2. The van der Waals surface area contributed by atoms with Crippen LogP contribution < -0.4 is 15.5 Å². The summed E-state index contributed by atoms with van der Waals surface area (Å²) in [5.41, 5.74) is 3.48. The quantitative estimate of drug-likeness (QED) is 0.788. The Morgan fingerprint density at radius 2 is 1.59 bits per heavy atom. The predicted molar refractivity (Wildman–Crippen MR) is 99.5 cm³/mol. The third-order valence-electron chi connectivity index (χ3n) is 3.55. The van der Waals surface area contributed by atoms with Crippen molar-refractivity contribution in [1.82, 2.24) is 5.32 Å². The van der Waals surface area contributed by atoms with E-state index in [4.69, 9.17) is 12.2 Å². The summed E-state index contributed by atoms with van der Waals surface area (Å²) in [5.74, 6) is 0. The molecule has 2 N–H and O–H groups in total. The van der Waals surface area contributed by atoms with E-state index in [1.807, 2.05) is 30.3 Å². The summed E-state index contributed by atoms with van der Waals surface area (Å²) in [5, 5.41) is 7.04. The molecule has 2 aromatic rings. The van der Waals surface area contributed by atoms with Crippen LogP contribution >= 0.6 is 12.2 Å². The van der Waals surface area contributed by atoms with Gasteiger partial charge in [0.15, 0.2) is 5.11 Å². The van der Waals surface area contributed by atoms with Gasteiger partial charge < -0.3 is 15.5 Å². The molecule has 0 bridgehead atoms. The van der Waals surface area contributed by atoms with E-state index in [0.29, 0.717) is 5.11 Å². The molecule has 2 rings (SSSR count).